The minimum atomic E-state index is 0.907. The van der Waals surface area contributed by atoms with Crippen LogP contribution in [0.3, 0.4) is 0 Å². The van der Waals surface area contributed by atoms with Gasteiger partial charge in [0.25, 0.3) is 12.7 Å². The normalized spacial score (nSPS) is 10.7. The maximum atomic E-state index is 4.08. The quantitative estimate of drug-likeness (QED) is 0.554. The van der Waals surface area contributed by atoms with Gasteiger partial charge in [0, 0.05) is 10.2 Å². The van der Waals surface area contributed by atoms with E-state index in [1.165, 1.54) is 0 Å². The molecule has 2 aromatic heterocycles. The third-order valence-corrected chi connectivity index (χ3v) is 2.01. The van der Waals surface area contributed by atoms with Gasteiger partial charge in [0.05, 0.1) is 14.1 Å². The standard InChI is InChI=1S/C8H14N6/c1-11-7-13(5-9-11)3-4-14-6-10-12(2)8-14/h5-8H,3-4H2,1-2H3/q+2. The topological polar surface area (TPSA) is 43.4 Å². The lowest BCUT2D eigenvalue weighted by molar-refractivity contribution is -0.779. The van der Waals surface area contributed by atoms with Gasteiger partial charge in [-0.05, 0) is 0 Å². The molecule has 0 radical (unpaired) electrons. The summed E-state index contributed by atoms with van der Waals surface area (Å²) in [7, 11) is 3.82. The van der Waals surface area contributed by atoms with Crippen LogP contribution in [0.15, 0.2) is 25.3 Å². The van der Waals surface area contributed by atoms with E-state index in [1.54, 1.807) is 9.36 Å². The molecule has 6 nitrogen and oxygen atoms in total. The average Bonchev–Trinajstić information content (AvgIpc) is 2.72. The number of rotatable bonds is 3. The van der Waals surface area contributed by atoms with E-state index >= 15 is 0 Å². The van der Waals surface area contributed by atoms with Crippen LogP contribution >= 0.6 is 0 Å². The Morgan fingerprint density at radius 2 is 1.36 bits per heavy atom. The van der Waals surface area contributed by atoms with Crippen LogP contribution in [0.2, 0.25) is 0 Å². The maximum Gasteiger partial charge on any atom is 0.265 e. The SMILES string of the molecule is Cn1c[n+](CC[n+]2cnn(C)c2)cn1. The molecule has 0 N–H and O–H groups in total. The van der Waals surface area contributed by atoms with Gasteiger partial charge < -0.3 is 0 Å². The average molecular weight is 194 g/mol. The second kappa shape index (κ2) is 3.57. The zero-order valence-electron chi connectivity index (χ0n) is 8.41. The lowest BCUT2D eigenvalue weighted by Crippen LogP contribution is -2.42. The van der Waals surface area contributed by atoms with Crippen LogP contribution in [0.4, 0.5) is 0 Å². The zero-order chi connectivity index (χ0) is 9.97. The van der Waals surface area contributed by atoms with E-state index < -0.39 is 0 Å². The summed E-state index contributed by atoms with van der Waals surface area (Å²) in [5.41, 5.74) is 0. The number of hydrogen-bond donors (Lipinski definition) is 0. The van der Waals surface area contributed by atoms with E-state index in [0.29, 0.717) is 0 Å². The molecule has 2 heterocycles. The highest BCUT2D eigenvalue weighted by Crippen LogP contribution is 1.74. The van der Waals surface area contributed by atoms with Gasteiger partial charge in [-0.2, -0.15) is 0 Å². The Balaban J connectivity index is 1.94. The predicted octanol–water partition coefficient (Wildman–Crippen LogP) is -1.57. The molecule has 0 unspecified atom stereocenters. The van der Waals surface area contributed by atoms with Gasteiger partial charge in [0.2, 0.25) is 12.7 Å². The van der Waals surface area contributed by atoms with Crippen molar-refractivity contribution in [3.63, 3.8) is 0 Å². The molecule has 2 rings (SSSR count). The van der Waals surface area contributed by atoms with Crippen molar-refractivity contribution in [3.8, 4) is 0 Å². The molecule has 14 heavy (non-hydrogen) atoms. The summed E-state index contributed by atoms with van der Waals surface area (Å²) in [6.07, 6.45) is 7.54. The number of nitrogens with zero attached hydrogens (tertiary/aromatic N) is 6. The smallest absolute Gasteiger partial charge is 0.234 e. The third-order valence-electron chi connectivity index (χ3n) is 2.01. The Labute approximate surface area is 82.0 Å². The Morgan fingerprint density at radius 1 is 0.929 bits per heavy atom. The van der Waals surface area contributed by atoms with Crippen molar-refractivity contribution in [2.75, 3.05) is 0 Å². The fraction of sp³-hybridized carbons (Fsp3) is 0.500. The van der Waals surface area contributed by atoms with Gasteiger partial charge >= 0.3 is 0 Å². The van der Waals surface area contributed by atoms with Crippen molar-refractivity contribution in [2.45, 2.75) is 13.1 Å². The lowest BCUT2D eigenvalue weighted by Gasteiger charge is -1.92. The molecule has 0 fully saturated rings. The number of aromatic nitrogens is 6. The number of aryl methyl sites for hydroxylation is 4. The highest BCUT2D eigenvalue weighted by molar-refractivity contribution is 4.39. The van der Waals surface area contributed by atoms with E-state index in [2.05, 4.69) is 10.2 Å². The summed E-state index contributed by atoms with van der Waals surface area (Å²) in [6, 6.07) is 0. The van der Waals surface area contributed by atoms with Gasteiger partial charge in [0.1, 0.15) is 13.1 Å². The van der Waals surface area contributed by atoms with Gasteiger partial charge in [-0.1, -0.05) is 0 Å². The largest absolute Gasteiger partial charge is 0.265 e. The molecule has 0 bridgehead atoms. The molecule has 0 spiro atoms. The van der Waals surface area contributed by atoms with Crippen LogP contribution in [0.5, 0.6) is 0 Å². The Hall–Kier alpha value is -1.72. The number of hydrogen-bond acceptors (Lipinski definition) is 2. The van der Waals surface area contributed by atoms with Crippen LogP contribution in [0.1, 0.15) is 0 Å². The Morgan fingerprint density at radius 3 is 1.64 bits per heavy atom. The van der Waals surface area contributed by atoms with Crippen molar-refractivity contribution >= 4 is 0 Å². The third kappa shape index (κ3) is 1.95. The fourth-order valence-electron chi connectivity index (χ4n) is 1.31. The molecule has 0 aliphatic rings. The predicted molar refractivity (Wildman–Crippen MR) is 46.8 cm³/mol. The van der Waals surface area contributed by atoms with E-state index in [0.717, 1.165) is 13.1 Å². The highest BCUT2D eigenvalue weighted by Gasteiger charge is 2.04. The monoisotopic (exact) mass is 194 g/mol. The summed E-state index contributed by atoms with van der Waals surface area (Å²) >= 11 is 0. The van der Waals surface area contributed by atoms with Crippen LogP contribution in [-0.4, -0.2) is 19.6 Å². The molecule has 74 valence electrons. The summed E-state index contributed by atoms with van der Waals surface area (Å²) in [5.74, 6) is 0. The van der Waals surface area contributed by atoms with Gasteiger partial charge in [-0.15, -0.1) is 9.36 Å². The highest BCUT2D eigenvalue weighted by atomic mass is 15.4. The summed E-state index contributed by atoms with van der Waals surface area (Å²) in [5, 5.41) is 8.17. The van der Waals surface area contributed by atoms with Gasteiger partial charge in [0.15, 0.2) is 0 Å². The maximum absolute atomic E-state index is 4.08. The van der Waals surface area contributed by atoms with Crippen molar-refractivity contribution < 1.29 is 9.13 Å². The molecule has 0 saturated carbocycles. The van der Waals surface area contributed by atoms with E-state index in [4.69, 9.17) is 0 Å². The first-order chi connectivity index (χ1) is 6.74. The minimum Gasteiger partial charge on any atom is -0.234 e. The molecule has 0 aliphatic heterocycles. The molecule has 6 heteroatoms. The lowest BCUT2D eigenvalue weighted by atomic mass is 10.6. The van der Waals surface area contributed by atoms with Gasteiger partial charge in [-0.25, -0.2) is 9.13 Å². The second-order valence-corrected chi connectivity index (χ2v) is 3.32. The first kappa shape index (κ1) is 8.86. The van der Waals surface area contributed by atoms with E-state index in [9.17, 15) is 0 Å². The molecule has 0 aliphatic carbocycles. The summed E-state index contributed by atoms with van der Waals surface area (Å²) in [4.78, 5) is 0. The van der Waals surface area contributed by atoms with Crippen molar-refractivity contribution in [3.05, 3.63) is 25.3 Å². The van der Waals surface area contributed by atoms with Gasteiger partial charge in [-0.3, -0.25) is 0 Å². The van der Waals surface area contributed by atoms with Crippen LogP contribution in [-0.2, 0) is 27.2 Å². The van der Waals surface area contributed by atoms with Crippen LogP contribution in [0.25, 0.3) is 0 Å². The fourth-order valence-corrected chi connectivity index (χ4v) is 1.31. The van der Waals surface area contributed by atoms with E-state index in [1.807, 2.05) is 48.5 Å². The molecular weight excluding hydrogens is 180 g/mol. The molecule has 2 aromatic rings. The molecule has 0 saturated heterocycles. The van der Waals surface area contributed by atoms with Crippen molar-refractivity contribution in [1.29, 1.82) is 0 Å². The minimum absolute atomic E-state index is 0.907. The molecular formula is C8H14N6+2. The zero-order valence-corrected chi connectivity index (χ0v) is 8.41. The Bertz CT molecular complexity index is 375. The van der Waals surface area contributed by atoms with E-state index in [-0.39, 0.29) is 0 Å². The summed E-state index contributed by atoms with van der Waals surface area (Å²) < 4.78 is 7.65. The first-order valence-corrected chi connectivity index (χ1v) is 4.49. The van der Waals surface area contributed by atoms with Crippen LogP contribution < -0.4 is 9.13 Å². The molecule has 0 amide bonds. The summed E-state index contributed by atoms with van der Waals surface area (Å²) in [6.45, 7) is 1.81. The Kier molecular flexibility index (Phi) is 2.26. The van der Waals surface area contributed by atoms with Crippen LogP contribution in [0, 0.1) is 0 Å². The first-order valence-electron chi connectivity index (χ1n) is 4.49. The van der Waals surface area contributed by atoms with Crippen molar-refractivity contribution in [2.24, 2.45) is 14.1 Å². The van der Waals surface area contributed by atoms with Crippen molar-refractivity contribution in [1.82, 2.24) is 19.6 Å². The second-order valence-electron chi connectivity index (χ2n) is 3.32. The molecule has 0 aromatic carbocycles. The molecule has 0 atom stereocenters.